The molecule has 0 saturated heterocycles. The number of carbonyl (C=O) groups is 1. The minimum atomic E-state index is -0.122. The zero-order chi connectivity index (χ0) is 15.5. The van der Waals surface area contributed by atoms with Gasteiger partial charge in [0.2, 0.25) is 0 Å². The minimum absolute atomic E-state index is 0.122. The first-order valence-electron chi connectivity index (χ1n) is 6.94. The fourth-order valence-electron chi connectivity index (χ4n) is 2.21. The third-order valence-corrected chi connectivity index (χ3v) is 4.06. The van der Waals surface area contributed by atoms with Gasteiger partial charge in [0.15, 0.2) is 0 Å². The molecule has 3 rings (SSSR count). The van der Waals surface area contributed by atoms with Gasteiger partial charge in [-0.25, -0.2) is 0 Å². The Balaban J connectivity index is 1.77. The number of hydrogen-bond donors (Lipinski definition) is 1. The van der Waals surface area contributed by atoms with Crippen LogP contribution in [-0.2, 0) is 0 Å². The number of nitrogens with zero attached hydrogens (tertiary/aromatic N) is 1. The molecular formula is C18H15BrN2O. The van der Waals surface area contributed by atoms with Gasteiger partial charge in [-0.2, -0.15) is 0 Å². The monoisotopic (exact) mass is 354 g/mol. The van der Waals surface area contributed by atoms with Gasteiger partial charge in [-0.15, -0.1) is 0 Å². The highest BCUT2D eigenvalue weighted by Gasteiger charge is 2.08. The van der Waals surface area contributed by atoms with Crippen LogP contribution in [0.1, 0.15) is 15.9 Å². The maximum Gasteiger partial charge on any atom is 0.255 e. The van der Waals surface area contributed by atoms with E-state index >= 15 is 0 Å². The standard InChI is InChI=1S/C18H15BrN2O/c1-13-4-9-17(16(19)12-13)20-18(22)14-5-7-15(8-6-14)21-10-2-3-11-21/h2-12H,1H3,(H,20,22). The highest BCUT2D eigenvalue weighted by atomic mass is 79.9. The number of nitrogens with one attached hydrogen (secondary N) is 1. The molecule has 0 spiro atoms. The quantitative estimate of drug-likeness (QED) is 0.719. The van der Waals surface area contributed by atoms with Gasteiger partial charge in [0.1, 0.15) is 0 Å². The fourth-order valence-corrected chi connectivity index (χ4v) is 2.80. The van der Waals surface area contributed by atoms with E-state index in [2.05, 4.69) is 21.2 Å². The van der Waals surface area contributed by atoms with E-state index in [9.17, 15) is 4.79 Å². The smallest absolute Gasteiger partial charge is 0.255 e. The Bertz CT molecular complexity index is 792. The lowest BCUT2D eigenvalue weighted by Gasteiger charge is -2.09. The Labute approximate surface area is 137 Å². The van der Waals surface area contributed by atoms with Crippen LogP contribution < -0.4 is 5.32 Å². The van der Waals surface area contributed by atoms with E-state index < -0.39 is 0 Å². The number of halogens is 1. The summed E-state index contributed by atoms with van der Waals surface area (Å²) >= 11 is 3.47. The molecule has 2 aromatic carbocycles. The van der Waals surface area contributed by atoms with Crippen molar-refractivity contribution in [3.05, 3.63) is 82.6 Å². The molecule has 0 radical (unpaired) electrons. The molecule has 1 heterocycles. The molecule has 1 aromatic heterocycles. The van der Waals surface area contributed by atoms with Crippen LogP contribution in [0.25, 0.3) is 5.69 Å². The largest absolute Gasteiger partial charge is 0.324 e. The van der Waals surface area contributed by atoms with E-state index in [1.54, 1.807) is 0 Å². The Morgan fingerprint density at radius 2 is 1.73 bits per heavy atom. The summed E-state index contributed by atoms with van der Waals surface area (Å²) in [5.74, 6) is -0.122. The Morgan fingerprint density at radius 1 is 1.05 bits per heavy atom. The first-order chi connectivity index (χ1) is 10.6. The molecule has 0 aliphatic rings. The lowest BCUT2D eigenvalue weighted by Crippen LogP contribution is -2.12. The van der Waals surface area contributed by atoms with Crippen molar-refractivity contribution in [3.63, 3.8) is 0 Å². The summed E-state index contributed by atoms with van der Waals surface area (Å²) in [6.07, 6.45) is 3.94. The zero-order valence-electron chi connectivity index (χ0n) is 12.1. The van der Waals surface area contributed by atoms with Gasteiger partial charge in [-0.05, 0) is 76.9 Å². The number of anilines is 1. The lowest BCUT2D eigenvalue weighted by atomic mass is 10.1. The molecule has 1 N–H and O–H groups in total. The summed E-state index contributed by atoms with van der Waals surface area (Å²) in [4.78, 5) is 12.3. The van der Waals surface area contributed by atoms with Crippen LogP contribution in [-0.4, -0.2) is 10.5 Å². The first-order valence-corrected chi connectivity index (χ1v) is 7.74. The zero-order valence-corrected chi connectivity index (χ0v) is 13.7. The van der Waals surface area contributed by atoms with Crippen molar-refractivity contribution in [1.29, 1.82) is 0 Å². The van der Waals surface area contributed by atoms with Crippen molar-refractivity contribution in [2.24, 2.45) is 0 Å². The molecule has 0 atom stereocenters. The van der Waals surface area contributed by atoms with Crippen molar-refractivity contribution >= 4 is 27.5 Å². The molecule has 3 nitrogen and oxygen atoms in total. The second-order valence-electron chi connectivity index (χ2n) is 5.07. The Morgan fingerprint density at radius 3 is 2.36 bits per heavy atom. The highest BCUT2D eigenvalue weighted by Crippen LogP contribution is 2.24. The topological polar surface area (TPSA) is 34.0 Å². The molecule has 0 aliphatic carbocycles. The molecule has 1 amide bonds. The van der Waals surface area contributed by atoms with Crippen LogP contribution in [0.5, 0.6) is 0 Å². The lowest BCUT2D eigenvalue weighted by molar-refractivity contribution is 0.102. The van der Waals surface area contributed by atoms with E-state index in [1.807, 2.05) is 78.5 Å². The summed E-state index contributed by atoms with van der Waals surface area (Å²) in [5, 5.41) is 2.92. The van der Waals surface area contributed by atoms with E-state index in [4.69, 9.17) is 0 Å². The van der Waals surface area contributed by atoms with Crippen LogP contribution in [0.3, 0.4) is 0 Å². The number of carbonyl (C=O) groups excluding carboxylic acids is 1. The van der Waals surface area contributed by atoms with Crippen LogP contribution in [0.4, 0.5) is 5.69 Å². The summed E-state index contributed by atoms with van der Waals surface area (Å²) in [7, 11) is 0. The Hall–Kier alpha value is -2.33. The Kier molecular flexibility index (Phi) is 4.11. The van der Waals surface area contributed by atoms with Gasteiger partial charge in [0, 0.05) is 28.1 Å². The average Bonchev–Trinajstić information content (AvgIpc) is 3.04. The number of aromatic nitrogens is 1. The van der Waals surface area contributed by atoms with Crippen LogP contribution in [0.15, 0.2) is 71.5 Å². The number of aryl methyl sites for hydroxylation is 1. The molecule has 0 fully saturated rings. The van der Waals surface area contributed by atoms with Crippen molar-refractivity contribution < 1.29 is 4.79 Å². The molecule has 0 aliphatic heterocycles. The second kappa shape index (κ2) is 6.20. The molecule has 110 valence electrons. The van der Waals surface area contributed by atoms with Crippen LogP contribution in [0, 0.1) is 6.92 Å². The van der Waals surface area contributed by atoms with E-state index in [0.717, 1.165) is 21.4 Å². The summed E-state index contributed by atoms with van der Waals surface area (Å²) < 4.78 is 2.88. The van der Waals surface area contributed by atoms with Gasteiger partial charge in [-0.1, -0.05) is 6.07 Å². The van der Waals surface area contributed by atoms with Crippen LogP contribution in [0.2, 0.25) is 0 Å². The van der Waals surface area contributed by atoms with E-state index in [0.29, 0.717) is 5.56 Å². The molecule has 0 bridgehead atoms. The van der Waals surface area contributed by atoms with Crippen LogP contribution >= 0.6 is 15.9 Å². The SMILES string of the molecule is Cc1ccc(NC(=O)c2ccc(-n3cccc3)cc2)c(Br)c1. The minimum Gasteiger partial charge on any atom is -0.324 e. The predicted molar refractivity (Wildman–Crippen MR) is 92.6 cm³/mol. The molecule has 0 saturated carbocycles. The van der Waals surface area contributed by atoms with Crippen molar-refractivity contribution in [2.45, 2.75) is 6.92 Å². The van der Waals surface area contributed by atoms with Gasteiger partial charge >= 0.3 is 0 Å². The summed E-state index contributed by atoms with van der Waals surface area (Å²) in [6.45, 7) is 2.01. The van der Waals surface area contributed by atoms with E-state index in [1.165, 1.54) is 0 Å². The maximum absolute atomic E-state index is 12.3. The molecule has 4 heteroatoms. The third-order valence-electron chi connectivity index (χ3n) is 3.40. The maximum atomic E-state index is 12.3. The van der Waals surface area contributed by atoms with Gasteiger partial charge in [0.05, 0.1) is 5.69 Å². The van der Waals surface area contributed by atoms with Crippen molar-refractivity contribution in [1.82, 2.24) is 4.57 Å². The molecule has 0 unspecified atom stereocenters. The summed E-state index contributed by atoms with van der Waals surface area (Å²) in [6, 6.07) is 17.3. The predicted octanol–water partition coefficient (Wildman–Crippen LogP) is 4.80. The van der Waals surface area contributed by atoms with Gasteiger partial charge in [0.25, 0.3) is 5.91 Å². The number of hydrogen-bond acceptors (Lipinski definition) is 1. The fraction of sp³-hybridized carbons (Fsp3) is 0.0556. The molecule has 3 aromatic rings. The normalized spacial score (nSPS) is 10.5. The highest BCUT2D eigenvalue weighted by molar-refractivity contribution is 9.10. The molecular weight excluding hydrogens is 340 g/mol. The number of amides is 1. The third kappa shape index (κ3) is 3.12. The first kappa shape index (κ1) is 14.6. The van der Waals surface area contributed by atoms with E-state index in [-0.39, 0.29) is 5.91 Å². The van der Waals surface area contributed by atoms with Crippen molar-refractivity contribution in [2.75, 3.05) is 5.32 Å². The van der Waals surface area contributed by atoms with Gasteiger partial charge < -0.3 is 9.88 Å². The number of benzene rings is 2. The second-order valence-corrected chi connectivity index (χ2v) is 5.93. The molecule has 22 heavy (non-hydrogen) atoms. The average molecular weight is 355 g/mol. The number of rotatable bonds is 3. The van der Waals surface area contributed by atoms with Crippen molar-refractivity contribution in [3.8, 4) is 5.69 Å². The van der Waals surface area contributed by atoms with Gasteiger partial charge in [-0.3, -0.25) is 4.79 Å². The summed E-state index contributed by atoms with van der Waals surface area (Å²) in [5.41, 5.74) is 3.56.